The van der Waals surface area contributed by atoms with E-state index in [0.29, 0.717) is 0 Å². The lowest BCUT2D eigenvalue weighted by atomic mass is 10.3. The van der Waals surface area contributed by atoms with Crippen molar-refractivity contribution in [2.75, 3.05) is 0 Å². The van der Waals surface area contributed by atoms with Gasteiger partial charge in [0.2, 0.25) is 5.78 Å². The second-order valence-electron chi connectivity index (χ2n) is 4.43. The van der Waals surface area contributed by atoms with Crippen molar-refractivity contribution in [2.24, 2.45) is 0 Å². The Morgan fingerprint density at radius 2 is 1.79 bits per heavy atom. The van der Waals surface area contributed by atoms with Gasteiger partial charge >= 0.3 is 0 Å². The van der Waals surface area contributed by atoms with Gasteiger partial charge in [-0.05, 0) is 31.2 Å². The molecule has 0 bridgehead atoms. The summed E-state index contributed by atoms with van der Waals surface area (Å²) in [5.41, 5.74) is 3.06. The summed E-state index contributed by atoms with van der Waals surface area (Å²) in [5.74, 6) is 1.64. The van der Waals surface area contributed by atoms with Crippen LogP contribution in [0.1, 0.15) is 5.69 Å². The average molecular weight is 249 g/mol. The van der Waals surface area contributed by atoms with Crippen LogP contribution in [-0.2, 0) is 0 Å². The van der Waals surface area contributed by atoms with Gasteiger partial charge in [0.25, 0.3) is 0 Å². The van der Waals surface area contributed by atoms with Crippen molar-refractivity contribution in [1.82, 2.24) is 24.1 Å². The fourth-order valence-electron chi connectivity index (χ4n) is 2.38. The van der Waals surface area contributed by atoms with E-state index in [2.05, 4.69) is 21.1 Å². The SMILES string of the molecule is Cc1cccc(-n2c3ccccc3n3ncnc23)n1. The molecule has 0 atom stereocenters. The van der Waals surface area contributed by atoms with Crippen molar-refractivity contribution >= 4 is 16.8 Å². The third kappa shape index (κ3) is 1.38. The fraction of sp³-hybridized carbons (Fsp3) is 0.0714. The van der Waals surface area contributed by atoms with Gasteiger partial charge < -0.3 is 0 Å². The lowest BCUT2D eigenvalue weighted by Gasteiger charge is -2.04. The molecular formula is C14H11N5. The molecule has 0 amide bonds. The van der Waals surface area contributed by atoms with Gasteiger partial charge in [-0.15, -0.1) is 0 Å². The molecule has 1 aromatic carbocycles. The molecule has 0 aliphatic carbocycles. The van der Waals surface area contributed by atoms with Gasteiger partial charge in [-0.25, -0.2) is 4.98 Å². The van der Waals surface area contributed by atoms with Crippen LogP contribution in [0.25, 0.3) is 22.6 Å². The van der Waals surface area contributed by atoms with Crippen LogP contribution in [0.3, 0.4) is 0 Å². The number of fused-ring (bicyclic) bond motifs is 3. The Labute approximate surface area is 109 Å². The van der Waals surface area contributed by atoms with Gasteiger partial charge in [-0.2, -0.15) is 14.6 Å². The van der Waals surface area contributed by atoms with Crippen LogP contribution in [0, 0.1) is 6.92 Å². The van der Waals surface area contributed by atoms with Gasteiger partial charge in [0.1, 0.15) is 12.1 Å². The normalized spacial score (nSPS) is 11.4. The van der Waals surface area contributed by atoms with Crippen LogP contribution in [0.2, 0.25) is 0 Å². The summed E-state index contributed by atoms with van der Waals surface area (Å²) in [4.78, 5) is 8.91. The van der Waals surface area contributed by atoms with Gasteiger partial charge in [0.05, 0.1) is 11.0 Å². The number of aryl methyl sites for hydroxylation is 1. The molecule has 0 saturated heterocycles. The number of para-hydroxylation sites is 2. The van der Waals surface area contributed by atoms with Crippen molar-refractivity contribution < 1.29 is 0 Å². The molecule has 0 N–H and O–H groups in total. The Hall–Kier alpha value is -2.69. The third-order valence-corrected chi connectivity index (χ3v) is 3.18. The highest BCUT2D eigenvalue weighted by atomic mass is 15.4. The molecule has 0 aliphatic rings. The standard InChI is InChI=1S/C14H11N5/c1-10-5-4-8-13(17-10)18-11-6-2-3-7-12(11)19-14(18)15-9-16-19/h2-9H,1H3. The highest BCUT2D eigenvalue weighted by Crippen LogP contribution is 2.22. The third-order valence-electron chi connectivity index (χ3n) is 3.18. The minimum Gasteiger partial charge on any atom is -0.261 e. The molecular weight excluding hydrogens is 238 g/mol. The summed E-state index contributed by atoms with van der Waals surface area (Å²) in [7, 11) is 0. The zero-order valence-corrected chi connectivity index (χ0v) is 10.4. The quantitative estimate of drug-likeness (QED) is 0.520. The molecule has 0 saturated carbocycles. The number of pyridine rings is 1. The molecule has 0 spiro atoms. The molecule has 4 aromatic rings. The average Bonchev–Trinajstić information content (AvgIpc) is 2.98. The lowest BCUT2D eigenvalue weighted by Crippen LogP contribution is -1.99. The molecule has 0 aliphatic heterocycles. The zero-order valence-electron chi connectivity index (χ0n) is 10.4. The van der Waals surface area contributed by atoms with Crippen LogP contribution >= 0.6 is 0 Å². The van der Waals surface area contributed by atoms with E-state index in [1.54, 1.807) is 6.33 Å². The Morgan fingerprint density at radius 3 is 2.63 bits per heavy atom. The first-order valence-corrected chi connectivity index (χ1v) is 6.08. The van der Waals surface area contributed by atoms with E-state index >= 15 is 0 Å². The molecule has 92 valence electrons. The highest BCUT2D eigenvalue weighted by Gasteiger charge is 2.13. The number of rotatable bonds is 1. The topological polar surface area (TPSA) is 48.0 Å². The highest BCUT2D eigenvalue weighted by molar-refractivity contribution is 5.82. The van der Waals surface area contributed by atoms with E-state index < -0.39 is 0 Å². The Balaban J connectivity index is 2.19. The van der Waals surface area contributed by atoms with Crippen LogP contribution in [0.15, 0.2) is 48.8 Å². The molecule has 5 nitrogen and oxygen atoms in total. The minimum absolute atomic E-state index is 0.777. The predicted octanol–water partition coefficient (Wildman–Crippen LogP) is 2.38. The van der Waals surface area contributed by atoms with Crippen molar-refractivity contribution in [3.8, 4) is 5.82 Å². The van der Waals surface area contributed by atoms with Crippen molar-refractivity contribution in [1.29, 1.82) is 0 Å². The second-order valence-corrected chi connectivity index (χ2v) is 4.43. The minimum atomic E-state index is 0.777. The first-order valence-electron chi connectivity index (χ1n) is 6.08. The maximum absolute atomic E-state index is 4.58. The lowest BCUT2D eigenvalue weighted by molar-refractivity contribution is 0.973. The fourth-order valence-corrected chi connectivity index (χ4v) is 2.38. The number of hydrogen-bond acceptors (Lipinski definition) is 3. The molecule has 0 radical (unpaired) electrons. The number of hydrogen-bond donors (Lipinski definition) is 0. The van der Waals surface area contributed by atoms with Gasteiger partial charge in [-0.1, -0.05) is 18.2 Å². The van der Waals surface area contributed by atoms with Crippen LogP contribution < -0.4 is 0 Å². The zero-order chi connectivity index (χ0) is 12.8. The van der Waals surface area contributed by atoms with E-state index in [1.807, 2.05) is 52.4 Å². The molecule has 0 fully saturated rings. The van der Waals surface area contributed by atoms with E-state index in [-0.39, 0.29) is 0 Å². The molecule has 4 rings (SSSR count). The Bertz CT molecular complexity index is 887. The number of nitrogens with zero attached hydrogens (tertiary/aromatic N) is 5. The first-order chi connectivity index (χ1) is 9.34. The second kappa shape index (κ2) is 3.65. The monoisotopic (exact) mass is 249 g/mol. The summed E-state index contributed by atoms with van der Waals surface area (Å²) in [5, 5.41) is 4.27. The molecule has 5 heteroatoms. The van der Waals surface area contributed by atoms with Crippen molar-refractivity contribution in [3.05, 3.63) is 54.5 Å². The van der Waals surface area contributed by atoms with Crippen LogP contribution in [-0.4, -0.2) is 24.1 Å². The Kier molecular flexibility index (Phi) is 1.97. The van der Waals surface area contributed by atoms with E-state index in [0.717, 1.165) is 28.3 Å². The summed E-state index contributed by atoms with van der Waals surface area (Å²) in [6, 6.07) is 14.0. The molecule has 19 heavy (non-hydrogen) atoms. The predicted molar refractivity (Wildman–Crippen MR) is 72.4 cm³/mol. The largest absolute Gasteiger partial charge is 0.261 e. The first kappa shape index (κ1) is 10.3. The smallest absolute Gasteiger partial charge is 0.239 e. The summed E-state index contributed by atoms with van der Waals surface area (Å²) in [6.07, 6.45) is 1.56. The maximum atomic E-state index is 4.58. The van der Waals surface area contributed by atoms with E-state index in [9.17, 15) is 0 Å². The van der Waals surface area contributed by atoms with Gasteiger partial charge in [-0.3, -0.25) is 4.57 Å². The number of aromatic nitrogens is 5. The Morgan fingerprint density at radius 1 is 0.947 bits per heavy atom. The van der Waals surface area contributed by atoms with Crippen molar-refractivity contribution in [3.63, 3.8) is 0 Å². The maximum Gasteiger partial charge on any atom is 0.239 e. The summed E-state index contributed by atoms with van der Waals surface area (Å²) in [6.45, 7) is 1.98. The van der Waals surface area contributed by atoms with E-state index in [4.69, 9.17) is 0 Å². The van der Waals surface area contributed by atoms with Crippen molar-refractivity contribution in [2.45, 2.75) is 6.92 Å². The molecule has 0 unspecified atom stereocenters. The van der Waals surface area contributed by atoms with Gasteiger partial charge in [0.15, 0.2) is 0 Å². The van der Waals surface area contributed by atoms with Crippen LogP contribution in [0.5, 0.6) is 0 Å². The molecule has 3 aromatic heterocycles. The number of benzene rings is 1. The van der Waals surface area contributed by atoms with E-state index in [1.165, 1.54) is 0 Å². The summed E-state index contributed by atoms with van der Waals surface area (Å²) < 4.78 is 3.86. The van der Waals surface area contributed by atoms with Gasteiger partial charge in [0, 0.05) is 5.69 Å². The molecule has 3 heterocycles. The van der Waals surface area contributed by atoms with Crippen LogP contribution in [0.4, 0.5) is 0 Å². The summed E-state index contributed by atoms with van der Waals surface area (Å²) >= 11 is 0. The number of imidazole rings is 1.